The number of methoxy groups -OCH3 is 2. The molecule has 7 nitrogen and oxygen atoms in total. The van der Waals surface area contributed by atoms with E-state index in [1.807, 2.05) is 6.92 Å². The normalized spacial score (nSPS) is 15.2. The van der Waals surface area contributed by atoms with Crippen molar-refractivity contribution >= 4 is 15.9 Å². The van der Waals surface area contributed by atoms with Crippen molar-refractivity contribution in [2.24, 2.45) is 0 Å². The van der Waals surface area contributed by atoms with Gasteiger partial charge in [-0.05, 0) is 37.3 Å². The van der Waals surface area contributed by atoms with Crippen LogP contribution in [0.5, 0.6) is 11.5 Å². The molecule has 0 saturated carbocycles. The molecule has 2 aromatic rings. The highest BCUT2D eigenvalue weighted by Gasteiger charge is 2.31. The Morgan fingerprint density at radius 2 is 1.59 bits per heavy atom. The Bertz CT molecular complexity index is 992. The summed E-state index contributed by atoms with van der Waals surface area (Å²) in [5.74, 6) is 0.242. The highest BCUT2D eigenvalue weighted by molar-refractivity contribution is 7.89. The SMILES string of the molecule is COc1cc(C(=O)N2CCN(S(=O)(=O)c3cccc(F)c3)CC2)cc(OC)c1C. The molecule has 1 amide bonds. The van der Waals surface area contributed by atoms with Crippen molar-refractivity contribution in [1.29, 1.82) is 0 Å². The molecule has 0 radical (unpaired) electrons. The van der Waals surface area contributed by atoms with Gasteiger partial charge in [0.25, 0.3) is 5.91 Å². The van der Waals surface area contributed by atoms with Crippen LogP contribution in [0.15, 0.2) is 41.3 Å². The minimum atomic E-state index is -3.81. The monoisotopic (exact) mass is 422 g/mol. The molecule has 1 fully saturated rings. The van der Waals surface area contributed by atoms with Crippen LogP contribution in [0.3, 0.4) is 0 Å². The van der Waals surface area contributed by atoms with E-state index in [1.165, 1.54) is 36.7 Å². The van der Waals surface area contributed by atoms with Crippen molar-refractivity contribution in [2.45, 2.75) is 11.8 Å². The van der Waals surface area contributed by atoms with Gasteiger partial charge in [-0.25, -0.2) is 12.8 Å². The zero-order chi connectivity index (χ0) is 21.2. The molecule has 0 bridgehead atoms. The summed E-state index contributed by atoms with van der Waals surface area (Å²) in [5.41, 5.74) is 1.20. The maximum absolute atomic E-state index is 13.4. The molecule has 1 aliphatic heterocycles. The van der Waals surface area contributed by atoms with Crippen LogP contribution in [0.4, 0.5) is 4.39 Å². The summed E-state index contributed by atoms with van der Waals surface area (Å²) in [6.45, 7) is 2.55. The van der Waals surface area contributed by atoms with Gasteiger partial charge in [0.1, 0.15) is 17.3 Å². The van der Waals surface area contributed by atoms with Crippen LogP contribution >= 0.6 is 0 Å². The van der Waals surface area contributed by atoms with Crippen LogP contribution in [0.1, 0.15) is 15.9 Å². The van der Waals surface area contributed by atoms with Gasteiger partial charge >= 0.3 is 0 Å². The van der Waals surface area contributed by atoms with Crippen molar-refractivity contribution in [3.63, 3.8) is 0 Å². The van der Waals surface area contributed by atoms with Crippen molar-refractivity contribution in [3.05, 3.63) is 53.3 Å². The number of rotatable bonds is 5. The molecule has 29 heavy (non-hydrogen) atoms. The van der Waals surface area contributed by atoms with E-state index in [1.54, 1.807) is 17.0 Å². The highest BCUT2D eigenvalue weighted by atomic mass is 32.2. The van der Waals surface area contributed by atoms with Crippen LogP contribution in [-0.2, 0) is 10.0 Å². The zero-order valence-electron chi connectivity index (χ0n) is 16.5. The standard InChI is InChI=1S/C20H23FN2O5S/c1-14-18(27-2)11-15(12-19(14)28-3)20(24)22-7-9-23(10-8-22)29(25,26)17-6-4-5-16(21)13-17/h4-6,11-13H,7-10H2,1-3H3. The molecule has 156 valence electrons. The van der Waals surface area contributed by atoms with E-state index in [0.717, 1.165) is 11.6 Å². The fourth-order valence-corrected chi connectivity index (χ4v) is 4.75. The molecule has 3 rings (SSSR count). The predicted molar refractivity (Wildman–Crippen MR) is 105 cm³/mol. The molecule has 0 atom stereocenters. The average Bonchev–Trinajstić information content (AvgIpc) is 2.73. The van der Waals surface area contributed by atoms with E-state index < -0.39 is 15.8 Å². The van der Waals surface area contributed by atoms with E-state index in [4.69, 9.17) is 9.47 Å². The van der Waals surface area contributed by atoms with Crippen LogP contribution in [0.2, 0.25) is 0 Å². The predicted octanol–water partition coefficient (Wildman–Crippen LogP) is 2.30. The molecule has 0 aliphatic carbocycles. The Morgan fingerprint density at radius 3 is 2.10 bits per heavy atom. The van der Waals surface area contributed by atoms with E-state index in [0.29, 0.717) is 17.1 Å². The van der Waals surface area contributed by atoms with Gasteiger partial charge in [-0.1, -0.05) is 6.07 Å². The number of hydrogen-bond donors (Lipinski definition) is 0. The number of carbonyl (C=O) groups is 1. The minimum Gasteiger partial charge on any atom is -0.496 e. The third kappa shape index (κ3) is 4.20. The maximum atomic E-state index is 13.4. The summed E-state index contributed by atoms with van der Waals surface area (Å²) in [7, 11) is -0.770. The second kappa shape index (κ2) is 8.38. The molecule has 0 N–H and O–H groups in total. The first-order valence-corrected chi connectivity index (χ1v) is 10.5. The summed E-state index contributed by atoms with van der Waals surface area (Å²) in [4.78, 5) is 14.4. The van der Waals surface area contributed by atoms with Gasteiger partial charge in [0.05, 0.1) is 19.1 Å². The van der Waals surface area contributed by atoms with Gasteiger partial charge in [-0.15, -0.1) is 0 Å². The zero-order valence-corrected chi connectivity index (χ0v) is 17.3. The van der Waals surface area contributed by atoms with Crippen molar-refractivity contribution in [1.82, 2.24) is 9.21 Å². The summed E-state index contributed by atoms with van der Waals surface area (Å²) < 4.78 is 50.7. The topological polar surface area (TPSA) is 76.2 Å². The molecule has 1 saturated heterocycles. The summed E-state index contributed by atoms with van der Waals surface area (Å²) in [6.07, 6.45) is 0. The lowest BCUT2D eigenvalue weighted by Gasteiger charge is -2.34. The first-order valence-electron chi connectivity index (χ1n) is 9.05. The van der Waals surface area contributed by atoms with E-state index in [-0.39, 0.29) is 37.0 Å². The third-order valence-electron chi connectivity index (χ3n) is 4.96. The number of nitrogens with zero attached hydrogens (tertiary/aromatic N) is 2. The number of amides is 1. The van der Waals surface area contributed by atoms with Gasteiger partial charge in [-0.3, -0.25) is 4.79 Å². The van der Waals surface area contributed by atoms with Crippen LogP contribution in [0, 0.1) is 12.7 Å². The largest absolute Gasteiger partial charge is 0.496 e. The number of sulfonamides is 1. The van der Waals surface area contributed by atoms with Gasteiger partial charge in [-0.2, -0.15) is 4.31 Å². The molecule has 0 unspecified atom stereocenters. The lowest BCUT2D eigenvalue weighted by Crippen LogP contribution is -2.50. The Kier molecular flexibility index (Phi) is 6.09. The van der Waals surface area contributed by atoms with Crippen molar-refractivity contribution in [2.75, 3.05) is 40.4 Å². The first kappa shape index (κ1) is 21.1. The van der Waals surface area contributed by atoms with E-state index >= 15 is 0 Å². The number of benzene rings is 2. The average molecular weight is 422 g/mol. The lowest BCUT2D eigenvalue weighted by atomic mass is 10.1. The number of hydrogen-bond acceptors (Lipinski definition) is 5. The van der Waals surface area contributed by atoms with Gasteiger partial charge in [0.2, 0.25) is 10.0 Å². The second-order valence-electron chi connectivity index (χ2n) is 6.66. The minimum absolute atomic E-state index is 0.0923. The molecule has 0 aromatic heterocycles. The van der Waals surface area contributed by atoms with Crippen molar-refractivity contribution in [3.8, 4) is 11.5 Å². The van der Waals surface area contributed by atoms with E-state index in [2.05, 4.69) is 0 Å². The highest BCUT2D eigenvalue weighted by Crippen LogP contribution is 2.30. The molecular weight excluding hydrogens is 399 g/mol. The fraction of sp³-hybridized carbons (Fsp3) is 0.350. The van der Waals surface area contributed by atoms with E-state index in [9.17, 15) is 17.6 Å². The molecule has 9 heteroatoms. The summed E-state index contributed by atoms with van der Waals surface area (Å²) >= 11 is 0. The Hall–Kier alpha value is -2.65. The van der Waals surface area contributed by atoms with Crippen LogP contribution in [-0.4, -0.2) is 63.9 Å². The third-order valence-corrected chi connectivity index (χ3v) is 6.85. The fourth-order valence-electron chi connectivity index (χ4n) is 3.30. The Labute approximate surface area is 169 Å². The smallest absolute Gasteiger partial charge is 0.254 e. The quantitative estimate of drug-likeness (QED) is 0.739. The first-order chi connectivity index (χ1) is 13.8. The molecule has 1 heterocycles. The maximum Gasteiger partial charge on any atom is 0.254 e. The molecular formula is C20H23FN2O5S. The van der Waals surface area contributed by atoms with Crippen molar-refractivity contribution < 1.29 is 27.1 Å². The molecule has 0 spiro atoms. The summed E-state index contributed by atoms with van der Waals surface area (Å²) in [6, 6.07) is 8.21. The number of ether oxygens (including phenoxy) is 2. The molecule has 1 aliphatic rings. The summed E-state index contributed by atoms with van der Waals surface area (Å²) in [5, 5.41) is 0. The van der Waals surface area contributed by atoms with Crippen LogP contribution < -0.4 is 9.47 Å². The van der Waals surface area contributed by atoms with Gasteiger partial charge < -0.3 is 14.4 Å². The van der Waals surface area contributed by atoms with Gasteiger partial charge in [0, 0.05) is 37.3 Å². The Balaban J connectivity index is 1.75. The number of carbonyl (C=O) groups excluding carboxylic acids is 1. The molecule has 2 aromatic carbocycles. The Morgan fingerprint density at radius 1 is 1.00 bits per heavy atom. The number of piperazine rings is 1. The second-order valence-corrected chi connectivity index (χ2v) is 8.60. The van der Waals surface area contributed by atoms with Gasteiger partial charge in [0.15, 0.2) is 0 Å². The number of halogens is 1. The lowest BCUT2D eigenvalue weighted by molar-refractivity contribution is 0.0697. The van der Waals surface area contributed by atoms with Crippen LogP contribution in [0.25, 0.3) is 0 Å².